The van der Waals surface area contributed by atoms with Crippen LogP contribution in [0, 0.1) is 5.92 Å². The van der Waals surface area contributed by atoms with Gasteiger partial charge in [-0.3, -0.25) is 9.48 Å². The van der Waals surface area contributed by atoms with Gasteiger partial charge in [-0.15, -0.1) is 11.3 Å². The van der Waals surface area contributed by atoms with Gasteiger partial charge in [-0.25, -0.2) is 8.42 Å². The second-order valence-electron chi connectivity index (χ2n) is 5.62. The van der Waals surface area contributed by atoms with E-state index in [0.717, 1.165) is 3.79 Å². The van der Waals surface area contributed by atoms with Crippen LogP contribution in [-0.2, 0) is 21.9 Å². The highest BCUT2D eigenvalue weighted by Crippen LogP contribution is 2.31. The van der Waals surface area contributed by atoms with Crippen LogP contribution < -0.4 is 5.32 Å². The van der Waals surface area contributed by atoms with Crippen molar-refractivity contribution in [1.29, 1.82) is 0 Å². The number of thiophene rings is 1. The summed E-state index contributed by atoms with van der Waals surface area (Å²) in [4.78, 5) is 12.4. The molecule has 3 rings (SSSR count). The van der Waals surface area contributed by atoms with Crippen LogP contribution in [0.15, 0.2) is 32.4 Å². The van der Waals surface area contributed by atoms with E-state index in [2.05, 4.69) is 26.3 Å². The lowest BCUT2D eigenvalue weighted by atomic mass is 9.99. The van der Waals surface area contributed by atoms with Crippen LogP contribution in [0.3, 0.4) is 0 Å². The molecule has 24 heavy (non-hydrogen) atoms. The van der Waals surface area contributed by atoms with E-state index in [9.17, 15) is 13.2 Å². The van der Waals surface area contributed by atoms with Crippen LogP contribution in [0.1, 0.15) is 12.8 Å². The lowest BCUT2D eigenvalue weighted by molar-refractivity contribution is -0.120. The predicted octanol–water partition coefficient (Wildman–Crippen LogP) is 2.28. The predicted molar refractivity (Wildman–Crippen MR) is 95.3 cm³/mol. The Morgan fingerprint density at radius 2 is 2.21 bits per heavy atom. The van der Waals surface area contributed by atoms with E-state index >= 15 is 0 Å². The van der Waals surface area contributed by atoms with Crippen molar-refractivity contribution in [3.63, 3.8) is 0 Å². The van der Waals surface area contributed by atoms with Crippen molar-refractivity contribution < 1.29 is 13.2 Å². The number of rotatable bonds is 4. The Bertz CT molecular complexity index is 846. The Morgan fingerprint density at radius 3 is 2.83 bits per heavy atom. The number of anilines is 1. The van der Waals surface area contributed by atoms with Crippen molar-refractivity contribution >= 4 is 49.0 Å². The molecule has 1 amide bonds. The lowest BCUT2D eigenvalue weighted by Gasteiger charge is -2.30. The number of halogens is 1. The van der Waals surface area contributed by atoms with Gasteiger partial charge in [0.2, 0.25) is 5.91 Å². The number of amides is 1. The number of aromatic nitrogens is 2. The fourth-order valence-electron chi connectivity index (χ4n) is 2.65. The Labute approximate surface area is 152 Å². The van der Waals surface area contributed by atoms with E-state index in [1.54, 1.807) is 36.1 Å². The van der Waals surface area contributed by atoms with Crippen molar-refractivity contribution in [2.24, 2.45) is 13.0 Å². The summed E-state index contributed by atoms with van der Waals surface area (Å²) in [5, 5.41) is 6.86. The highest BCUT2D eigenvalue weighted by atomic mass is 79.9. The van der Waals surface area contributed by atoms with E-state index in [1.165, 1.54) is 15.6 Å². The third-order valence-corrected chi connectivity index (χ3v) is 7.82. The summed E-state index contributed by atoms with van der Waals surface area (Å²) in [7, 11) is -1.79. The van der Waals surface area contributed by atoms with Gasteiger partial charge in [-0.1, -0.05) is 0 Å². The number of aryl methyl sites for hydroxylation is 1. The molecule has 1 atom stereocenters. The van der Waals surface area contributed by atoms with Crippen LogP contribution in [-0.4, -0.2) is 41.5 Å². The van der Waals surface area contributed by atoms with Crippen LogP contribution in [0.25, 0.3) is 0 Å². The Balaban J connectivity index is 1.71. The molecule has 0 aliphatic carbocycles. The highest BCUT2D eigenvalue weighted by molar-refractivity contribution is 9.11. The third-order valence-electron chi connectivity index (χ3n) is 3.86. The first-order valence-corrected chi connectivity index (χ1v) is 10.5. The number of hydrogen-bond acceptors (Lipinski definition) is 5. The average molecular weight is 433 g/mol. The fraction of sp³-hybridized carbons (Fsp3) is 0.429. The molecule has 1 aliphatic rings. The summed E-state index contributed by atoms with van der Waals surface area (Å²) in [6.07, 6.45) is 3.06. The number of nitrogens with zero attached hydrogens (tertiary/aromatic N) is 3. The number of sulfonamides is 1. The van der Waals surface area contributed by atoms with Crippen LogP contribution in [0.5, 0.6) is 0 Å². The zero-order chi connectivity index (χ0) is 17.3. The van der Waals surface area contributed by atoms with E-state index in [0.29, 0.717) is 29.4 Å². The summed E-state index contributed by atoms with van der Waals surface area (Å²) >= 11 is 4.46. The Kier molecular flexibility index (Phi) is 5.09. The van der Waals surface area contributed by atoms with E-state index in [4.69, 9.17) is 0 Å². The molecule has 1 saturated heterocycles. The van der Waals surface area contributed by atoms with Crippen molar-refractivity contribution in [2.75, 3.05) is 18.4 Å². The van der Waals surface area contributed by atoms with Gasteiger partial charge in [0.05, 0.1) is 9.70 Å². The summed E-state index contributed by atoms with van der Waals surface area (Å²) < 4.78 is 29.5. The monoisotopic (exact) mass is 432 g/mol. The van der Waals surface area contributed by atoms with E-state index in [1.807, 2.05) is 0 Å². The molecule has 0 aromatic carbocycles. The maximum absolute atomic E-state index is 12.7. The molecule has 130 valence electrons. The molecule has 1 fully saturated rings. The first-order valence-electron chi connectivity index (χ1n) is 7.42. The number of hydrogen-bond donors (Lipinski definition) is 1. The molecule has 0 radical (unpaired) electrons. The molecular formula is C14H17BrN4O3S2. The van der Waals surface area contributed by atoms with Crippen molar-refractivity contribution in [2.45, 2.75) is 17.1 Å². The topological polar surface area (TPSA) is 84.3 Å². The first kappa shape index (κ1) is 17.6. The summed E-state index contributed by atoms with van der Waals surface area (Å²) in [5.41, 5.74) is 0. The van der Waals surface area contributed by atoms with Crippen molar-refractivity contribution in [1.82, 2.24) is 14.1 Å². The zero-order valence-corrected chi connectivity index (χ0v) is 16.2. The minimum Gasteiger partial charge on any atom is -0.309 e. The normalized spacial score (nSPS) is 19.3. The van der Waals surface area contributed by atoms with Gasteiger partial charge >= 0.3 is 0 Å². The third kappa shape index (κ3) is 3.71. The summed E-state index contributed by atoms with van der Waals surface area (Å²) in [6, 6.07) is 5.01. The number of carbonyl (C=O) groups excluding carboxylic acids is 1. The van der Waals surface area contributed by atoms with Gasteiger partial charge in [-0.2, -0.15) is 9.40 Å². The van der Waals surface area contributed by atoms with Crippen LogP contribution in [0.2, 0.25) is 0 Å². The molecule has 0 spiro atoms. The van der Waals surface area contributed by atoms with E-state index in [-0.39, 0.29) is 18.4 Å². The largest absolute Gasteiger partial charge is 0.309 e. The quantitative estimate of drug-likeness (QED) is 0.802. The summed E-state index contributed by atoms with van der Waals surface area (Å²) in [5.74, 6) is -0.0930. The molecule has 1 N–H and O–H groups in total. The minimum atomic E-state index is -3.55. The van der Waals surface area contributed by atoms with E-state index < -0.39 is 10.0 Å². The molecule has 0 bridgehead atoms. The van der Waals surface area contributed by atoms with Crippen LogP contribution >= 0.6 is 27.3 Å². The van der Waals surface area contributed by atoms with Gasteiger partial charge < -0.3 is 5.32 Å². The van der Waals surface area contributed by atoms with Crippen molar-refractivity contribution in [3.05, 3.63) is 28.2 Å². The zero-order valence-electron chi connectivity index (χ0n) is 13.0. The average Bonchev–Trinajstić information content (AvgIpc) is 3.16. The van der Waals surface area contributed by atoms with Gasteiger partial charge in [0.25, 0.3) is 10.0 Å². The molecule has 0 unspecified atom stereocenters. The van der Waals surface area contributed by atoms with Gasteiger partial charge in [-0.05, 0) is 40.9 Å². The number of carbonyl (C=O) groups is 1. The molecular weight excluding hydrogens is 416 g/mol. The second kappa shape index (κ2) is 6.95. The van der Waals surface area contributed by atoms with Gasteiger partial charge in [0, 0.05) is 32.4 Å². The molecule has 2 aromatic rings. The minimum absolute atomic E-state index is 0.191. The smallest absolute Gasteiger partial charge is 0.252 e. The molecule has 7 nitrogen and oxygen atoms in total. The lowest BCUT2D eigenvalue weighted by Crippen LogP contribution is -2.43. The van der Waals surface area contributed by atoms with Gasteiger partial charge in [0.1, 0.15) is 4.21 Å². The molecule has 2 aromatic heterocycles. The SMILES string of the molecule is Cn1ccc(NC(=O)[C@@H]2CCCN(S(=O)(=O)c3ccc(Br)s3)C2)n1. The fourth-order valence-corrected chi connectivity index (χ4v) is 6.34. The molecule has 1 aliphatic heterocycles. The maximum Gasteiger partial charge on any atom is 0.252 e. The van der Waals surface area contributed by atoms with Crippen LogP contribution in [0.4, 0.5) is 5.82 Å². The highest BCUT2D eigenvalue weighted by Gasteiger charge is 2.34. The first-order chi connectivity index (χ1) is 11.4. The second-order valence-corrected chi connectivity index (χ2v) is 10.3. The molecule has 3 heterocycles. The van der Waals surface area contributed by atoms with Gasteiger partial charge in [0.15, 0.2) is 5.82 Å². The maximum atomic E-state index is 12.7. The van der Waals surface area contributed by atoms with Crippen molar-refractivity contribution in [3.8, 4) is 0 Å². The Hall–Kier alpha value is -1.23. The molecule has 0 saturated carbocycles. The summed E-state index contributed by atoms with van der Waals surface area (Å²) in [6.45, 7) is 0.627. The number of nitrogens with one attached hydrogen (secondary N) is 1. The Morgan fingerprint density at radius 1 is 1.42 bits per heavy atom. The standard InChI is InChI=1S/C14H17BrN4O3S2/c1-18-8-6-12(17-18)16-14(20)10-3-2-7-19(9-10)24(21,22)13-5-4-11(15)23-13/h4-6,8,10H,2-3,7,9H2,1H3,(H,16,17,20)/t10-/m1/s1. The molecule has 10 heteroatoms. The number of piperidine rings is 1.